The minimum absolute atomic E-state index is 0.00701. The first-order valence-electron chi connectivity index (χ1n) is 12.0. The van der Waals surface area contributed by atoms with Gasteiger partial charge in [0.15, 0.2) is 0 Å². The fourth-order valence-electron chi connectivity index (χ4n) is 5.88. The topological polar surface area (TPSA) is 98.7 Å². The fourth-order valence-corrected chi connectivity index (χ4v) is 9.67. The normalized spacial score (nSPS) is 30.4. The minimum atomic E-state index is -0.778. The molecule has 190 valence electrons. The number of halogens is 2. The predicted octanol–water partition coefficient (Wildman–Crippen LogP) is 3.44. The first-order valence-corrected chi connectivity index (χ1v) is 14.1. The number of para-hydroxylation sites is 1. The molecule has 3 unspecified atom stereocenters. The van der Waals surface area contributed by atoms with Gasteiger partial charge in [-0.3, -0.25) is 14.4 Å². The number of benzene rings is 2. The molecule has 5 rings (SSSR count). The van der Waals surface area contributed by atoms with Crippen molar-refractivity contribution >= 4 is 62.7 Å². The maximum atomic E-state index is 13.8. The van der Waals surface area contributed by atoms with Crippen LogP contribution in [-0.2, 0) is 20.9 Å². The molecule has 3 N–H and O–H groups in total. The summed E-state index contributed by atoms with van der Waals surface area (Å²) < 4.78 is -0.745. The molecule has 2 aromatic carbocycles. The van der Waals surface area contributed by atoms with E-state index in [4.69, 9.17) is 11.6 Å². The van der Waals surface area contributed by atoms with Crippen LogP contribution in [0.15, 0.2) is 54.6 Å². The highest BCUT2D eigenvalue weighted by atomic mass is 79.9. The molecule has 3 aliphatic heterocycles. The molecule has 2 bridgehead atoms. The van der Waals surface area contributed by atoms with E-state index < -0.39 is 22.6 Å². The van der Waals surface area contributed by atoms with Crippen LogP contribution in [0.5, 0.6) is 0 Å². The number of nitrogens with zero attached hydrogens (tertiary/aromatic N) is 1. The molecule has 10 heteroatoms. The second-order valence-corrected chi connectivity index (χ2v) is 12.6. The van der Waals surface area contributed by atoms with Crippen molar-refractivity contribution in [3.63, 3.8) is 0 Å². The van der Waals surface area contributed by atoms with Crippen LogP contribution in [0.3, 0.4) is 0 Å². The van der Waals surface area contributed by atoms with Crippen molar-refractivity contribution in [2.45, 2.75) is 40.3 Å². The number of amides is 3. The van der Waals surface area contributed by atoms with Gasteiger partial charge in [-0.1, -0.05) is 70.0 Å². The average molecular weight is 593 g/mol. The van der Waals surface area contributed by atoms with Gasteiger partial charge >= 0.3 is 0 Å². The van der Waals surface area contributed by atoms with E-state index in [9.17, 15) is 19.5 Å². The van der Waals surface area contributed by atoms with Crippen LogP contribution in [0.4, 0.5) is 5.69 Å². The van der Waals surface area contributed by atoms with E-state index in [1.165, 1.54) is 0 Å². The van der Waals surface area contributed by atoms with Crippen molar-refractivity contribution in [1.29, 1.82) is 0 Å². The van der Waals surface area contributed by atoms with Gasteiger partial charge in [-0.25, -0.2) is 0 Å². The first-order chi connectivity index (χ1) is 17.4. The average Bonchev–Trinajstić information content (AvgIpc) is 3.46. The molecule has 0 aliphatic carbocycles. The summed E-state index contributed by atoms with van der Waals surface area (Å²) in [4.78, 5) is 42.6. The molecule has 7 nitrogen and oxygen atoms in total. The molecular weight excluding hydrogens is 566 g/mol. The second kappa shape index (κ2) is 10.4. The quantitative estimate of drug-likeness (QED) is 0.408. The number of rotatable bonds is 8. The molecule has 3 amide bonds. The number of aliphatic hydroxyl groups excluding tert-OH is 1. The molecule has 1 spiro atoms. The second-order valence-electron chi connectivity index (χ2n) is 9.44. The van der Waals surface area contributed by atoms with Crippen LogP contribution < -0.4 is 10.6 Å². The number of aliphatic hydroxyl groups is 1. The largest absolute Gasteiger partial charge is 0.396 e. The molecule has 3 aliphatic rings. The number of anilines is 1. The van der Waals surface area contributed by atoms with E-state index in [2.05, 4.69) is 26.6 Å². The van der Waals surface area contributed by atoms with E-state index >= 15 is 0 Å². The fraction of sp³-hybridized carbons (Fsp3) is 0.423. The molecule has 0 aromatic heterocycles. The third-order valence-electron chi connectivity index (χ3n) is 7.34. The number of thioether (sulfide) groups is 1. The van der Waals surface area contributed by atoms with Crippen molar-refractivity contribution in [2.24, 2.45) is 11.8 Å². The van der Waals surface area contributed by atoms with Gasteiger partial charge in [0.25, 0.3) is 0 Å². The maximum absolute atomic E-state index is 13.8. The van der Waals surface area contributed by atoms with Gasteiger partial charge in [0.05, 0.1) is 27.3 Å². The van der Waals surface area contributed by atoms with Gasteiger partial charge in [-0.2, -0.15) is 0 Å². The molecule has 0 saturated carbocycles. The van der Waals surface area contributed by atoms with Crippen molar-refractivity contribution in [3.05, 3.63) is 65.2 Å². The summed E-state index contributed by atoms with van der Waals surface area (Å²) in [5.74, 6) is -1.86. The van der Waals surface area contributed by atoms with Gasteiger partial charge in [0.1, 0.15) is 6.04 Å². The van der Waals surface area contributed by atoms with Crippen LogP contribution in [-0.4, -0.2) is 61.7 Å². The zero-order chi connectivity index (χ0) is 25.4. The molecule has 3 saturated heterocycles. The van der Waals surface area contributed by atoms with Crippen molar-refractivity contribution in [2.75, 3.05) is 18.5 Å². The number of hydrogen-bond donors (Lipinski definition) is 3. The number of carbonyl (C=O) groups is 3. The van der Waals surface area contributed by atoms with Crippen LogP contribution in [0.25, 0.3) is 0 Å². The maximum Gasteiger partial charge on any atom is 0.248 e. The number of alkyl halides is 1. The van der Waals surface area contributed by atoms with Crippen molar-refractivity contribution in [1.82, 2.24) is 10.2 Å². The van der Waals surface area contributed by atoms with Gasteiger partial charge < -0.3 is 20.6 Å². The van der Waals surface area contributed by atoms with Gasteiger partial charge in [0, 0.05) is 29.8 Å². The van der Waals surface area contributed by atoms with E-state index in [-0.39, 0.29) is 41.0 Å². The van der Waals surface area contributed by atoms with Gasteiger partial charge in [-0.05, 0) is 30.5 Å². The Morgan fingerprint density at radius 3 is 2.58 bits per heavy atom. The Kier molecular flexibility index (Phi) is 7.36. The highest BCUT2D eigenvalue weighted by Gasteiger charge is 2.75. The number of nitrogens with one attached hydrogen (secondary N) is 2. The smallest absolute Gasteiger partial charge is 0.248 e. The Bertz CT molecular complexity index is 1170. The molecule has 3 fully saturated rings. The number of likely N-dealkylation sites (tertiary alicyclic amines) is 1. The first kappa shape index (κ1) is 25.6. The monoisotopic (exact) mass is 591 g/mol. The number of hydrogen-bond acceptors (Lipinski definition) is 5. The predicted molar refractivity (Wildman–Crippen MR) is 144 cm³/mol. The van der Waals surface area contributed by atoms with Crippen LogP contribution in [0.2, 0.25) is 5.02 Å². The van der Waals surface area contributed by atoms with Gasteiger partial charge in [-0.15, -0.1) is 11.8 Å². The van der Waals surface area contributed by atoms with E-state index in [0.29, 0.717) is 30.1 Å². The van der Waals surface area contributed by atoms with Crippen molar-refractivity contribution < 1.29 is 19.5 Å². The number of fused-ring (bicyclic) bond motifs is 1. The Labute approximate surface area is 227 Å². The van der Waals surface area contributed by atoms with E-state index in [0.717, 1.165) is 5.56 Å². The van der Waals surface area contributed by atoms with E-state index in [1.807, 2.05) is 30.3 Å². The Hall–Kier alpha value is -2.07. The lowest BCUT2D eigenvalue weighted by Gasteiger charge is -2.35. The Morgan fingerprint density at radius 2 is 1.86 bits per heavy atom. The lowest BCUT2D eigenvalue weighted by atomic mass is 9.70. The SMILES string of the molecule is O=C(Nc1ccccc1Cl)C1N(CCCO)C(=O)[C@@H]2[C@H](C(=O)NCc3ccccc3)[C@H]3SC12CC3Br. The van der Waals surface area contributed by atoms with Crippen molar-refractivity contribution in [3.8, 4) is 0 Å². The lowest BCUT2D eigenvalue weighted by Crippen LogP contribution is -2.53. The minimum Gasteiger partial charge on any atom is -0.396 e. The molecule has 2 aromatic rings. The third kappa shape index (κ3) is 4.34. The Balaban J connectivity index is 1.45. The summed E-state index contributed by atoms with van der Waals surface area (Å²) in [6.45, 7) is 0.516. The Morgan fingerprint density at radius 1 is 1.14 bits per heavy atom. The zero-order valence-electron chi connectivity index (χ0n) is 19.4. The molecular formula is C26H27BrClN3O4S. The lowest BCUT2D eigenvalue weighted by molar-refractivity contribution is -0.139. The summed E-state index contributed by atoms with van der Waals surface area (Å²) in [5, 5.41) is 15.7. The number of carbonyl (C=O) groups excluding carboxylic acids is 3. The van der Waals surface area contributed by atoms with E-state index in [1.54, 1.807) is 40.9 Å². The molecule has 3 heterocycles. The summed E-state index contributed by atoms with van der Waals surface area (Å²) in [6.07, 6.45) is 0.943. The third-order valence-corrected chi connectivity index (χ3v) is 10.9. The van der Waals surface area contributed by atoms with Gasteiger partial charge in [0.2, 0.25) is 17.7 Å². The van der Waals surface area contributed by atoms with Crippen LogP contribution in [0, 0.1) is 11.8 Å². The van der Waals surface area contributed by atoms with Crippen LogP contribution >= 0.6 is 39.3 Å². The highest BCUT2D eigenvalue weighted by molar-refractivity contribution is 9.09. The summed E-state index contributed by atoms with van der Waals surface area (Å²) in [6, 6.07) is 15.8. The zero-order valence-corrected chi connectivity index (χ0v) is 22.6. The standard InChI is InChI=1S/C26H27BrClN3O4S/c27-16-13-26-20(19(21(16)36-26)23(33)29-14-15-7-2-1-3-8-15)25(35)31(11-6-12-32)22(26)24(34)30-18-10-5-4-9-17(18)28/h1-5,7-10,16,19-22,32H,6,11-14H2,(H,29,33)(H,30,34)/t16?,19-,20-,21-,22?,26?/m0/s1. The molecule has 6 atom stereocenters. The van der Waals surface area contributed by atoms with Crippen LogP contribution in [0.1, 0.15) is 18.4 Å². The summed E-state index contributed by atoms with van der Waals surface area (Å²) in [7, 11) is 0. The molecule has 36 heavy (non-hydrogen) atoms. The molecule has 0 radical (unpaired) electrons. The highest BCUT2D eigenvalue weighted by Crippen LogP contribution is 2.67. The summed E-state index contributed by atoms with van der Waals surface area (Å²) in [5.41, 5.74) is 1.45. The summed E-state index contributed by atoms with van der Waals surface area (Å²) >= 11 is 11.6.